The molecule has 4 heterocycles. The van der Waals surface area contributed by atoms with Gasteiger partial charge < -0.3 is 9.88 Å². The summed E-state index contributed by atoms with van der Waals surface area (Å²) < 4.78 is 78.9. The number of rotatable bonds is 10. The lowest BCUT2D eigenvalue weighted by molar-refractivity contribution is 0.141. The monoisotopic (exact) mass is 904 g/mol. The van der Waals surface area contributed by atoms with Gasteiger partial charge in [-0.2, -0.15) is 4.99 Å². The van der Waals surface area contributed by atoms with Crippen LogP contribution in [-0.4, -0.2) is 72.8 Å². The molecule has 4 N–H and O–H groups in total. The molecule has 1 saturated heterocycles. The van der Waals surface area contributed by atoms with Gasteiger partial charge in [0.1, 0.15) is 16.9 Å². The molecular formula is C44H50F2N8O7S2. The summed E-state index contributed by atoms with van der Waals surface area (Å²) in [6.45, 7) is 12.1. The summed E-state index contributed by atoms with van der Waals surface area (Å²) in [5, 5.41) is 6.94. The molecule has 0 radical (unpaired) electrons. The predicted molar refractivity (Wildman–Crippen MR) is 237 cm³/mol. The summed E-state index contributed by atoms with van der Waals surface area (Å²) in [5.74, 6) is -0.766. The number of carbonyl (C=O) groups excluding carboxylic acids is 2. The normalized spacial score (nSPS) is 13.8. The van der Waals surface area contributed by atoms with Crippen molar-refractivity contribution in [2.75, 3.05) is 18.4 Å². The van der Waals surface area contributed by atoms with Crippen LogP contribution in [0.2, 0.25) is 0 Å². The first kappa shape index (κ1) is 48.1. The maximum Gasteiger partial charge on any atom is 0.332 e. The number of carbonyl (C=O) groups is 1. The van der Waals surface area contributed by atoms with Crippen LogP contribution in [0.1, 0.15) is 76.6 Å². The number of amides is 2. The summed E-state index contributed by atoms with van der Waals surface area (Å²) in [5.41, 5.74) is 5.25. The van der Waals surface area contributed by atoms with E-state index in [2.05, 4.69) is 25.0 Å². The molecule has 0 atom stereocenters. The van der Waals surface area contributed by atoms with E-state index < -0.39 is 37.1 Å². The van der Waals surface area contributed by atoms with Gasteiger partial charge in [-0.15, -0.1) is 0 Å². The summed E-state index contributed by atoms with van der Waals surface area (Å²) >= 11 is 0. The summed E-state index contributed by atoms with van der Waals surface area (Å²) in [7, 11) is -7.55. The van der Waals surface area contributed by atoms with Gasteiger partial charge in [-0.05, 0) is 118 Å². The Labute approximate surface area is 365 Å². The molecule has 0 bridgehead atoms. The molecule has 2 aromatic carbocycles. The number of hydrogen-bond acceptors (Lipinski definition) is 11. The Morgan fingerprint density at radius 3 is 2.14 bits per heavy atom. The summed E-state index contributed by atoms with van der Waals surface area (Å²) in [4.78, 5) is 48.3. The van der Waals surface area contributed by atoms with Crippen molar-refractivity contribution in [1.29, 1.82) is 0 Å². The van der Waals surface area contributed by atoms with Gasteiger partial charge in [0.05, 0.1) is 16.3 Å². The number of benzene rings is 2. The SMILES string of the molecule is CC(C)c1cc(F)cc(-c2cccnc2)c1NC(=O)NS(=O)(=O)C1CN(C(C)C)C1.CC(C)n1cc(S(N)(=O)=O)ccc1=O.O=C=Nc1c(-c2ccncc2)cc(F)c2c1CCC2. The van der Waals surface area contributed by atoms with Gasteiger partial charge in [-0.25, -0.2) is 45.1 Å². The molecule has 15 nitrogen and oxygen atoms in total. The lowest BCUT2D eigenvalue weighted by atomic mass is 9.94. The number of fused-ring (bicyclic) bond motifs is 1. The average Bonchev–Trinajstić information content (AvgIpc) is 3.70. The highest BCUT2D eigenvalue weighted by Crippen LogP contribution is 2.41. The van der Waals surface area contributed by atoms with Crippen molar-refractivity contribution in [2.45, 2.75) is 89.0 Å². The second kappa shape index (κ2) is 20.5. The third kappa shape index (κ3) is 11.9. The van der Waals surface area contributed by atoms with E-state index in [1.165, 1.54) is 41.1 Å². The lowest BCUT2D eigenvalue weighted by Crippen LogP contribution is -2.60. The second-order valence-electron chi connectivity index (χ2n) is 15.8. The molecule has 63 heavy (non-hydrogen) atoms. The molecule has 1 aliphatic carbocycles. The van der Waals surface area contributed by atoms with Crippen molar-refractivity contribution < 1.29 is 35.2 Å². The van der Waals surface area contributed by atoms with Crippen LogP contribution in [0.4, 0.5) is 25.0 Å². The molecule has 2 amide bonds. The largest absolute Gasteiger partial charge is 0.332 e. The van der Waals surface area contributed by atoms with E-state index in [0.29, 0.717) is 58.7 Å². The second-order valence-corrected chi connectivity index (χ2v) is 19.4. The number of aromatic nitrogens is 3. The van der Waals surface area contributed by atoms with Crippen LogP contribution >= 0.6 is 0 Å². The van der Waals surface area contributed by atoms with Crippen molar-refractivity contribution in [3.05, 3.63) is 124 Å². The minimum Gasteiger partial charge on any atom is -0.312 e. The van der Waals surface area contributed by atoms with E-state index >= 15 is 0 Å². The minimum absolute atomic E-state index is 0.0502. The maximum atomic E-state index is 14.3. The number of anilines is 1. The molecule has 1 fully saturated rings. The standard InChI is InChI=1S/C21H27FN4O3S.C15H11FN2O.C8H12N2O3S/c1-13(2)18-8-16(22)9-19(15-6-5-7-23-10-15)20(18)24-21(27)25-30(28,29)17-11-26(12-17)14(3)4;16-14-8-13(10-4-6-17-7-5-10)15(18-9-19)12-3-1-2-11(12)14;1-6(2)10-5-7(14(9,12)13)3-4-8(10)11/h5-10,13-14,17H,11-12H2,1-4H3,(H2,24,25,27);4-8H,1-3H2;3-6H,1-2H3,(H2,9,12,13). The van der Waals surface area contributed by atoms with Crippen LogP contribution in [0.5, 0.6) is 0 Å². The van der Waals surface area contributed by atoms with E-state index in [9.17, 15) is 40.0 Å². The number of nitrogens with two attached hydrogens (primary N) is 1. The third-order valence-electron chi connectivity index (χ3n) is 10.5. The molecule has 0 saturated carbocycles. The zero-order valence-corrected chi connectivity index (χ0v) is 37.3. The van der Waals surface area contributed by atoms with Crippen LogP contribution in [0.15, 0.2) is 100 Å². The fraction of sp³-hybridized carbons (Fsp3) is 0.341. The average molecular weight is 905 g/mol. The zero-order valence-electron chi connectivity index (χ0n) is 35.7. The first-order valence-electron chi connectivity index (χ1n) is 20.1. The number of urea groups is 1. The van der Waals surface area contributed by atoms with Gasteiger partial charge in [-0.3, -0.25) is 19.7 Å². The van der Waals surface area contributed by atoms with Gasteiger partial charge in [0.2, 0.25) is 26.1 Å². The molecule has 3 aromatic heterocycles. The van der Waals surface area contributed by atoms with Gasteiger partial charge in [0.15, 0.2) is 0 Å². The number of isocyanates is 1. The number of nitrogens with zero attached hydrogens (tertiary/aromatic N) is 5. The fourth-order valence-electron chi connectivity index (χ4n) is 7.10. The molecule has 2 aliphatic rings. The number of aliphatic imine (C=N–C) groups is 1. The van der Waals surface area contributed by atoms with Gasteiger partial charge in [0.25, 0.3) is 5.56 Å². The molecule has 0 unspecified atom stereocenters. The van der Waals surface area contributed by atoms with Crippen LogP contribution in [0.25, 0.3) is 22.3 Å². The Morgan fingerprint density at radius 1 is 0.873 bits per heavy atom. The van der Waals surface area contributed by atoms with Gasteiger partial charge in [-0.1, -0.05) is 19.9 Å². The summed E-state index contributed by atoms with van der Waals surface area (Å²) in [6.07, 6.45) is 11.6. The predicted octanol–water partition coefficient (Wildman–Crippen LogP) is 6.98. The smallest absolute Gasteiger partial charge is 0.312 e. The highest BCUT2D eigenvalue weighted by atomic mass is 32.2. The maximum absolute atomic E-state index is 14.3. The molecule has 19 heteroatoms. The number of likely N-dealkylation sites (tertiary alicyclic amines) is 1. The molecule has 0 spiro atoms. The number of primary sulfonamides is 1. The molecule has 1 aliphatic heterocycles. The number of nitrogens with one attached hydrogen (secondary N) is 2. The van der Waals surface area contributed by atoms with E-state index in [4.69, 9.17) is 5.14 Å². The molecule has 5 aromatic rings. The minimum atomic E-state index is -3.82. The highest BCUT2D eigenvalue weighted by Gasteiger charge is 2.39. The lowest BCUT2D eigenvalue weighted by Gasteiger charge is -2.41. The molecule has 334 valence electrons. The number of hydrogen-bond donors (Lipinski definition) is 3. The van der Waals surface area contributed by atoms with Crippen molar-refractivity contribution >= 4 is 43.5 Å². The van der Waals surface area contributed by atoms with E-state index in [0.717, 1.165) is 24.0 Å². The van der Waals surface area contributed by atoms with Gasteiger partial charge >= 0.3 is 6.03 Å². The van der Waals surface area contributed by atoms with Crippen LogP contribution in [0.3, 0.4) is 0 Å². The number of halogens is 2. The quantitative estimate of drug-likeness (QED) is 0.0966. The topological polar surface area (TPSA) is 216 Å². The van der Waals surface area contributed by atoms with Crippen LogP contribution in [-0.2, 0) is 37.7 Å². The van der Waals surface area contributed by atoms with Crippen LogP contribution in [0, 0.1) is 11.6 Å². The molecule has 7 rings (SSSR count). The Morgan fingerprint density at radius 2 is 1.56 bits per heavy atom. The van der Waals surface area contributed by atoms with Crippen molar-refractivity contribution in [2.24, 2.45) is 10.1 Å². The Hall–Kier alpha value is -5.98. The van der Waals surface area contributed by atoms with E-state index in [-0.39, 0.29) is 34.3 Å². The van der Waals surface area contributed by atoms with Crippen molar-refractivity contribution in [3.63, 3.8) is 0 Å². The number of sulfonamides is 2. The first-order valence-corrected chi connectivity index (χ1v) is 23.2. The highest BCUT2D eigenvalue weighted by molar-refractivity contribution is 7.90. The Kier molecular flexibility index (Phi) is 15.6. The van der Waals surface area contributed by atoms with E-state index in [1.54, 1.807) is 69.0 Å². The van der Waals surface area contributed by atoms with Gasteiger partial charge in [0, 0.05) is 78.9 Å². The van der Waals surface area contributed by atoms with Crippen molar-refractivity contribution in [1.82, 2.24) is 24.2 Å². The van der Waals surface area contributed by atoms with Crippen molar-refractivity contribution in [3.8, 4) is 22.3 Å². The third-order valence-corrected chi connectivity index (χ3v) is 13.1. The zero-order chi connectivity index (χ0) is 46.2. The summed E-state index contributed by atoms with van der Waals surface area (Å²) in [6, 6.07) is 12.8. The Bertz CT molecular complexity index is 2780. The Balaban J connectivity index is 0.000000193. The molecular weight excluding hydrogens is 855 g/mol. The first-order chi connectivity index (χ1) is 29.7. The van der Waals surface area contributed by atoms with E-state index in [1.807, 2.05) is 32.6 Å². The number of pyridine rings is 3. The fourth-order valence-corrected chi connectivity index (χ4v) is 8.87. The van der Waals surface area contributed by atoms with Crippen LogP contribution < -0.4 is 20.7 Å².